The molecular formula is C8H13N3O2S. The molecule has 0 aromatic heterocycles. The third-order valence-corrected chi connectivity index (χ3v) is 3.50. The highest BCUT2D eigenvalue weighted by Gasteiger charge is 2.28. The molecule has 2 aliphatic heterocycles. The largest absolute Gasteiger partial charge is 0.351 e. The van der Waals surface area contributed by atoms with Gasteiger partial charge in [0.05, 0.1) is 6.54 Å². The van der Waals surface area contributed by atoms with Gasteiger partial charge in [-0.1, -0.05) is 18.7 Å². The number of thioether (sulfide) groups is 1. The van der Waals surface area contributed by atoms with Crippen molar-refractivity contribution in [3.63, 3.8) is 0 Å². The zero-order valence-electron chi connectivity index (χ0n) is 7.95. The van der Waals surface area contributed by atoms with Crippen LogP contribution in [0.5, 0.6) is 0 Å². The third-order valence-electron chi connectivity index (χ3n) is 2.21. The van der Waals surface area contributed by atoms with Crippen molar-refractivity contribution >= 4 is 22.8 Å². The topological polar surface area (TPSA) is 62.7 Å². The fourth-order valence-corrected chi connectivity index (χ4v) is 2.30. The quantitative estimate of drug-likeness (QED) is 0.674. The Morgan fingerprint density at radius 2 is 2.64 bits per heavy atom. The molecule has 0 aliphatic carbocycles. The number of carbonyl (C=O) groups is 1. The fraction of sp³-hybridized carbons (Fsp3) is 0.750. The van der Waals surface area contributed by atoms with Crippen molar-refractivity contribution in [2.24, 2.45) is 4.99 Å². The van der Waals surface area contributed by atoms with Gasteiger partial charge in [0.25, 0.3) is 5.91 Å². The lowest BCUT2D eigenvalue weighted by Gasteiger charge is -2.09. The molecule has 0 saturated carbocycles. The summed E-state index contributed by atoms with van der Waals surface area (Å²) in [5, 5.41) is 4.49. The van der Waals surface area contributed by atoms with Gasteiger partial charge >= 0.3 is 0 Å². The van der Waals surface area contributed by atoms with Gasteiger partial charge in [0.2, 0.25) is 0 Å². The van der Waals surface area contributed by atoms with Gasteiger partial charge in [0.1, 0.15) is 12.6 Å². The summed E-state index contributed by atoms with van der Waals surface area (Å²) < 4.78 is 0. The standard InChI is InChI=1S/C8H13N3O2S/c1-2-5-3-9-8(14-5)10-6-4-13-11-7(6)12/h5-6H,2-4H2,1H3,(H,9,10)(H,11,12). The van der Waals surface area contributed by atoms with E-state index in [1.165, 1.54) is 0 Å². The second kappa shape index (κ2) is 4.18. The van der Waals surface area contributed by atoms with Crippen LogP contribution in [-0.4, -0.2) is 35.5 Å². The van der Waals surface area contributed by atoms with Crippen molar-refractivity contribution in [3.8, 4) is 0 Å². The number of carbonyl (C=O) groups excluding carboxylic acids is 1. The summed E-state index contributed by atoms with van der Waals surface area (Å²) in [6.07, 6.45) is 1.10. The first kappa shape index (κ1) is 9.79. The van der Waals surface area contributed by atoms with Crippen LogP contribution in [0.25, 0.3) is 0 Å². The molecule has 14 heavy (non-hydrogen) atoms. The Kier molecular flexibility index (Phi) is 2.93. The van der Waals surface area contributed by atoms with E-state index in [9.17, 15) is 4.79 Å². The van der Waals surface area contributed by atoms with Crippen LogP contribution in [-0.2, 0) is 9.63 Å². The van der Waals surface area contributed by atoms with Crippen LogP contribution >= 0.6 is 11.8 Å². The maximum atomic E-state index is 11.2. The third kappa shape index (κ3) is 2.01. The van der Waals surface area contributed by atoms with E-state index in [0.717, 1.165) is 18.1 Å². The van der Waals surface area contributed by atoms with E-state index in [1.54, 1.807) is 11.8 Å². The molecule has 2 N–H and O–H groups in total. The van der Waals surface area contributed by atoms with Crippen molar-refractivity contribution in [2.45, 2.75) is 24.6 Å². The number of nitrogens with zero attached hydrogens (tertiary/aromatic N) is 1. The van der Waals surface area contributed by atoms with Crippen molar-refractivity contribution in [3.05, 3.63) is 0 Å². The molecule has 78 valence electrons. The molecule has 0 bridgehead atoms. The normalized spacial score (nSPS) is 31.5. The number of amides is 1. The number of aliphatic imine (C=N–C) groups is 1. The number of amidine groups is 1. The van der Waals surface area contributed by atoms with E-state index in [2.05, 4.69) is 22.7 Å². The summed E-state index contributed by atoms with van der Waals surface area (Å²) in [5.74, 6) is -0.117. The van der Waals surface area contributed by atoms with Crippen molar-refractivity contribution < 1.29 is 9.63 Å². The zero-order chi connectivity index (χ0) is 9.97. The van der Waals surface area contributed by atoms with Crippen LogP contribution in [0.2, 0.25) is 0 Å². The van der Waals surface area contributed by atoms with E-state index < -0.39 is 0 Å². The maximum Gasteiger partial charge on any atom is 0.268 e. The van der Waals surface area contributed by atoms with Crippen LogP contribution in [0.15, 0.2) is 4.99 Å². The van der Waals surface area contributed by atoms with Crippen molar-refractivity contribution in [1.29, 1.82) is 0 Å². The van der Waals surface area contributed by atoms with E-state index in [4.69, 9.17) is 4.84 Å². The molecule has 2 unspecified atom stereocenters. The van der Waals surface area contributed by atoms with Crippen molar-refractivity contribution in [1.82, 2.24) is 10.8 Å². The molecule has 2 aliphatic rings. The summed E-state index contributed by atoms with van der Waals surface area (Å²) in [6, 6.07) is -0.281. The summed E-state index contributed by atoms with van der Waals surface area (Å²) in [5.41, 5.74) is 2.30. The lowest BCUT2D eigenvalue weighted by molar-refractivity contribution is -0.124. The highest BCUT2D eigenvalue weighted by atomic mass is 32.2. The number of hydroxylamine groups is 1. The predicted octanol–water partition coefficient (Wildman–Crippen LogP) is -0.113. The average molecular weight is 215 g/mol. The Balaban J connectivity index is 1.84. The average Bonchev–Trinajstić information content (AvgIpc) is 2.77. The molecule has 0 aromatic carbocycles. The molecule has 0 spiro atoms. The molecular weight excluding hydrogens is 202 g/mol. The minimum absolute atomic E-state index is 0.117. The van der Waals surface area contributed by atoms with Crippen LogP contribution < -0.4 is 10.8 Å². The Morgan fingerprint density at radius 3 is 3.21 bits per heavy atom. The number of hydrogen-bond donors (Lipinski definition) is 2. The highest BCUT2D eigenvalue weighted by molar-refractivity contribution is 8.14. The lowest BCUT2D eigenvalue weighted by Crippen LogP contribution is -2.40. The second-order valence-corrected chi connectivity index (χ2v) is 4.56. The van der Waals surface area contributed by atoms with Crippen LogP contribution in [0.1, 0.15) is 13.3 Å². The van der Waals surface area contributed by atoms with Gasteiger partial charge in [-0.25, -0.2) is 5.48 Å². The minimum atomic E-state index is -0.281. The van der Waals surface area contributed by atoms with E-state index in [1.807, 2.05) is 0 Å². The molecule has 5 nitrogen and oxygen atoms in total. The van der Waals surface area contributed by atoms with Gasteiger partial charge < -0.3 is 5.32 Å². The SMILES string of the molecule is CCC1CN=C(NC2CONC2=O)S1. The second-order valence-electron chi connectivity index (χ2n) is 3.27. The monoisotopic (exact) mass is 215 g/mol. The first-order valence-electron chi connectivity index (χ1n) is 4.69. The van der Waals surface area contributed by atoms with E-state index in [-0.39, 0.29) is 11.9 Å². The van der Waals surface area contributed by atoms with Crippen LogP contribution in [0, 0.1) is 0 Å². The molecule has 2 rings (SSSR count). The number of rotatable bonds is 2. The van der Waals surface area contributed by atoms with Gasteiger partial charge in [-0.3, -0.25) is 14.6 Å². The predicted molar refractivity (Wildman–Crippen MR) is 55.0 cm³/mol. The molecule has 1 amide bonds. The van der Waals surface area contributed by atoms with Gasteiger partial charge in [-0.2, -0.15) is 0 Å². The summed E-state index contributed by atoms with van der Waals surface area (Å²) in [6.45, 7) is 3.36. The van der Waals surface area contributed by atoms with Gasteiger partial charge in [0, 0.05) is 5.25 Å². The Morgan fingerprint density at radius 1 is 1.79 bits per heavy atom. The Labute approximate surface area is 86.6 Å². The number of hydrogen-bond acceptors (Lipinski definition) is 5. The molecule has 2 atom stereocenters. The molecule has 1 fully saturated rings. The zero-order valence-corrected chi connectivity index (χ0v) is 8.76. The number of nitrogens with one attached hydrogen (secondary N) is 2. The molecule has 6 heteroatoms. The maximum absolute atomic E-state index is 11.2. The lowest BCUT2D eigenvalue weighted by atomic mass is 10.3. The van der Waals surface area contributed by atoms with Gasteiger partial charge in [0.15, 0.2) is 5.17 Å². The summed E-state index contributed by atoms with van der Waals surface area (Å²) in [4.78, 5) is 20.3. The molecule has 1 saturated heterocycles. The minimum Gasteiger partial charge on any atom is -0.351 e. The first-order valence-corrected chi connectivity index (χ1v) is 5.57. The molecule has 0 aromatic rings. The van der Waals surface area contributed by atoms with E-state index >= 15 is 0 Å². The van der Waals surface area contributed by atoms with Gasteiger partial charge in [-0.05, 0) is 6.42 Å². The molecule has 2 heterocycles. The van der Waals surface area contributed by atoms with E-state index in [0.29, 0.717) is 11.9 Å². The smallest absolute Gasteiger partial charge is 0.268 e. The molecule has 0 radical (unpaired) electrons. The Bertz CT molecular complexity index is 269. The van der Waals surface area contributed by atoms with Crippen LogP contribution in [0.4, 0.5) is 0 Å². The van der Waals surface area contributed by atoms with Gasteiger partial charge in [-0.15, -0.1) is 0 Å². The highest BCUT2D eigenvalue weighted by Crippen LogP contribution is 2.22. The van der Waals surface area contributed by atoms with Crippen molar-refractivity contribution in [2.75, 3.05) is 13.2 Å². The Hall–Kier alpha value is -0.750. The summed E-state index contributed by atoms with van der Waals surface area (Å²) >= 11 is 1.70. The first-order chi connectivity index (χ1) is 6.79. The van der Waals surface area contributed by atoms with Crippen LogP contribution in [0.3, 0.4) is 0 Å². The summed E-state index contributed by atoms with van der Waals surface area (Å²) in [7, 11) is 0. The fourth-order valence-electron chi connectivity index (χ4n) is 1.31.